The molecule has 8 aromatic carbocycles. The first kappa shape index (κ1) is 69.3. The lowest BCUT2D eigenvalue weighted by Crippen LogP contribution is -2.25. The van der Waals surface area contributed by atoms with E-state index in [1.54, 1.807) is 0 Å². The summed E-state index contributed by atoms with van der Waals surface area (Å²) in [6.07, 6.45) is 2.80. The quantitative estimate of drug-likeness (QED) is 0.100. The third-order valence-corrected chi connectivity index (χ3v) is 19.3. The predicted molar refractivity (Wildman–Crippen MR) is 394 cm³/mol. The highest BCUT2D eigenvalue weighted by atomic mass is 19.1. The molecule has 8 heteroatoms. The molecule has 0 aliphatic carbocycles. The van der Waals surface area contributed by atoms with Gasteiger partial charge in [-0.15, -0.1) is 0 Å². The Morgan fingerprint density at radius 3 is 0.872 bits per heavy atom. The summed E-state index contributed by atoms with van der Waals surface area (Å²) in [5.41, 5.74) is 13.6. The molecule has 0 saturated heterocycles. The number of aromatic hydroxyl groups is 2. The molecule has 0 fully saturated rings. The first-order valence-corrected chi connectivity index (χ1v) is 34.1. The van der Waals surface area contributed by atoms with E-state index in [9.17, 15) is 10.2 Å². The molecule has 2 heterocycles. The smallest absolute Gasteiger partial charge is 0.147 e. The van der Waals surface area contributed by atoms with E-state index in [4.69, 9.17) is 9.47 Å². The van der Waals surface area contributed by atoms with Gasteiger partial charge in [0.05, 0.1) is 46.7 Å². The number of phenolic OH excluding ortho intramolecular Hbond substituents is 2. The molecule has 0 spiro atoms. The Kier molecular flexibility index (Phi) is 17.9. The van der Waals surface area contributed by atoms with Crippen LogP contribution in [0.3, 0.4) is 0 Å². The van der Waals surface area contributed by atoms with E-state index in [0.717, 1.165) is 67.6 Å². The summed E-state index contributed by atoms with van der Waals surface area (Å²) in [5, 5.41) is 30.7. The van der Waals surface area contributed by atoms with Crippen molar-refractivity contribution in [3.05, 3.63) is 177 Å². The summed E-state index contributed by atoms with van der Waals surface area (Å²) in [4.78, 5) is 0. The fraction of sp³-hybridized carbons (Fsp3) is 0.442. The van der Waals surface area contributed by atoms with Crippen LogP contribution in [0.4, 0.5) is 8.78 Å². The Morgan fingerprint density at radius 1 is 0.340 bits per heavy atom. The molecule has 0 radical (unpaired) electrons. The Hall–Kier alpha value is -7.58. The first-order valence-electron chi connectivity index (χ1n) is 34.1. The zero-order chi connectivity index (χ0) is 69.1. The molecule has 0 amide bonds. The molecule has 0 atom stereocenters. The van der Waals surface area contributed by atoms with Crippen LogP contribution in [0.15, 0.2) is 121 Å². The molecular weight excluding hydrogens is 1160 g/mol. The SMILES string of the molecule is Cc1cc(F)cc(-c2cc(C(C)(C)CC(C)(C)C)cc(-n3c4cc(C(C)(C)C)ccc4c4ccc(C(C)(C)C)cc43)c2O)c1OCCCCOc1c(C)cc(F)cc1-c1cc(C(C)(C)CC(C)(C)C)cc(-n2c3cc(C(C)(C)C)ccc3c3ccc(C(C)(C)C)cc32)c1O. The summed E-state index contributed by atoms with van der Waals surface area (Å²) in [6, 6.07) is 41.2. The maximum atomic E-state index is 16.2. The minimum Gasteiger partial charge on any atom is -0.505 e. The van der Waals surface area contributed by atoms with Crippen molar-refractivity contribution in [3.63, 3.8) is 0 Å². The third kappa shape index (κ3) is 13.9. The summed E-state index contributed by atoms with van der Waals surface area (Å²) < 4.78 is 50.6. The van der Waals surface area contributed by atoms with Gasteiger partial charge in [-0.3, -0.25) is 0 Å². The van der Waals surface area contributed by atoms with Crippen molar-refractivity contribution in [3.8, 4) is 56.6 Å². The largest absolute Gasteiger partial charge is 0.505 e. The average molecular weight is 1270 g/mol. The van der Waals surface area contributed by atoms with Crippen molar-refractivity contribution >= 4 is 43.6 Å². The van der Waals surface area contributed by atoms with Crippen molar-refractivity contribution < 1.29 is 28.5 Å². The van der Waals surface area contributed by atoms with Gasteiger partial charge < -0.3 is 28.8 Å². The van der Waals surface area contributed by atoms with Crippen LogP contribution in [0, 0.1) is 36.3 Å². The highest BCUT2D eigenvalue weighted by molar-refractivity contribution is 6.11. The number of unbranched alkanes of at least 4 members (excludes halogenated alkanes) is 1. The molecule has 10 aromatic rings. The van der Waals surface area contributed by atoms with Crippen LogP contribution in [0.1, 0.15) is 223 Å². The minimum absolute atomic E-state index is 0.0334. The highest BCUT2D eigenvalue weighted by Crippen LogP contribution is 2.51. The Bertz CT molecular complexity index is 4130. The van der Waals surface area contributed by atoms with Gasteiger partial charge in [-0.25, -0.2) is 8.78 Å². The van der Waals surface area contributed by atoms with E-state index >= 15 is 8.78 Å². The zero-order valence-corrected chi connectivity index (χ0v) is 61.2. The number of rotatable bonds is 15. The molecule has 0 aliphatic rings. The normalized spacial score (nSPS) is 13.3. The number of ether oxygens (including phenoxy) is 2. The second-order valence-corrected chi connectivity index (χ2v) is 35.2. The van der Waals surface area contributed by atoms with Gasteiger partial charge in [0.25, 0.3) is 0 Å². The summed E-state index contributed by atoms with van der Waals surface area (Å²) in [6.45, 7) is 53.5. The number of aryl methyl sites for hydroxylation is 2. The predicted octanol–water partition coefficient (Wildman–Crippen LogP) is 24.4. The molecule has 10 rings (SSSR count). The molecule has 2 aromatic heterocycles. The number of phenols is 2. The lowest BCUT2D eigenvalue weighted by molar-refractivity contribution is 0.265. The van der Waals surface area contributed by atoms with E-state index in [0.29, 0.717) is 69.1 Å². The van der Waals surface area contributed by atoms with E-state index in [2.05, 4.69) is 246 Å². The van der Waals surface area contributed by atoms with Gasteiger partial charge in [-0.2, -0.15) is 0 Å². The monoisotopic (exact) mass is 1270 g/mol. The summed E-state index contributed by atoms with van der Waals surface area (Å²) in [5.74, 6) is 0.192. The van der Waals surface area contributed by atoms with Crippen molar-refractivity contribution in [2.75, 3.05) is 13.2 Å². The topological polar surface area (TPSA) is 68.8 Å². The molecule has 0 unspecified atom stereocenters. The van der Waals surface area contributed by atoms with Crippen LogP contribution in [-0.4, -0.2) is 32.6 Å². The number of hydrogen-bond donors (Lipinski definition) is 2. The van der Waals surface area contributed by atoms with Crippen LogP contribution in [0.25, 0.3) is 77.2 Å². The van der Waals surface area contributed by atoms with Gasteiger partial charge in [-0.1, -0.05) is 201 Å². The molecule has 6 nitrogen and oxygen atoms in total. The maximum Gasteiger partial charge on any atom is 0.147 e. The molecule has 0 saturated carbocycles. The van der Waals surface area contributed by atoms with E-state index < -0.39 is 11.6 Å². The van der Waals surface area contributed by atoms with Crippen molar-refractivity contribution in [2.24, 2.45) is 10.8 Å². The molecular formula is C86H106F2N2O4. The molecule has 498 valence electrons. The number of nitrogens with zero attached hydrogens (tertiary/aromatic N) is 2. The van der Waals surface area contributed by atoms with Crippen molar-refractivity contribution in [2.45, 2.75) is 224 Å². The van der Waals surface area contributed by atoms with Gasteiger partial charge in [0.15, 0.2) is 0 Å². The molecule has 94 heavy (non-hydrogen) atoms. The maximum absolute atomic E-state index is 16.2. The lowest BCUT2D eigenvalue weighted by atomic mass is 9.71. The van der Waals surface area contributed by atoms with Crippen LogP contribution < -0.4 is 9.47 Å². The van der Waals surface area contributed by atoms with Gasteiger partial charge in [0.2, 0.25) is 0 Å². The summed E-state index contributed by atoms with van der Waals surface area (Å²) >= 11 is 0. The minimum atomic E-state index is -0.429. The molecule has 0 aliphatic heterocycles. The Morgan fingerprint density at radius 2 is 0.617 bits per heavy atom. The van der Waals surface area contributed by atoms with E-state index in [-0.39, 0.29) is 68.0 Å². The number of halogens is 2. The number of benzene rings is 8. The first-order chi connectivity index (χ1) is 43.3. The van der Waals surface area contributed by atoms with Gasteiger partial charge in [0.1, 0.15) is 34.6 Å². The van der Waals surface area contributed by atoms with Crippen molar-refractivity contribution in [1.29, 1.82) is 0 Å². The van der Waals surface area contributed by atoms with Gasteiger partial charge in [-0.05, 0) is 200 Å². The Labute approximate surface area is 560 Å². The average Bonchev–Trinajstić information content (AvgIpc) is 1.54. The second-order valence-electron chi connectivity index (χ2n) is 35.2. The molecule has 0 bridgehead atoms. The van der Waals surface area contributed by atoms with Crippen molar-refractivity contribution in [1.82, 2.24) is 9.13 Å². The zero-order valence-electron chi connectivity index (χ0n) is 61.2. The second kappa shape index (κ2) is 24.3. The Balaban J connectivity index is 1.04. The molecule has 2 N–H and O–H groups in total. The van der Waals surface area contributed by atoms with E-state index in [1.807, 2.05) is 26.0 Å². The van der Waals surface area contributed by atoms with Gasteiger partial charge >= 0.3 is 0 Å². The standard InChI is InChI=1S/C86H106F2N2O4/c1-51-37-59(87)47-67(65-39-57(85(21,22)49-79(3,4)5)45-73(75(65)91)89-69-41-53(81(9,10)11)27-31-61(69)62-32-28-54(42-70(62)89)82(12,13)14)77(51)93-35-25-26-36-94-78-52(2)38-60(88)48-68(78)66-40-58(86(23,24)50-80(6,7)8)46-74(76(66)92)90-71-43-55(83(15,16)17)29-33-63(71)64-34-30-56(44-72(64)90)84(18,19)20/h27-34,37-48,91-92H,25-26,35-36,49-50H2,1-24H3. The highest BCUT2D eigenvalue weighted by Gasteiger charge is 2.35. The number of aromatic nitrogens is 2. The van der Waals surface area contributed by atoms with Crippen LogP contribution in [0.5, 0.6) is 23.0 Å². The number of hydrogen-bond acceptors (Lipinski definition) is 4. The third-order valence-electron chi connectivity index (χ3n) is 19.3. The summed E-state index contributed by atoms with van der Waals surface area (Å²) in [7, 11) is 0. The van der Waals surface area contributed by atoms with Crippen LogP contribution in [-0.2, 0) is 32.5 Å². The fourth-order valence-corrected chi connectivity index (χ4v) is 14.8. The van der Waals surface area contributed by atoms with Crippen LogP contribution >= 0.6 is 0 Å². The van der Waals surface area contributed by atoms with E-state index in [1.165, 1.54) is 46.5 Å². The van der Waals surface area contributed by atoms with Gasteiger partial charge in [0, 0.05) is 43.8 Å². The number of fused-ring (bicyclic) bond motifs is 6. The lowest BCUT2D eigenvalue weighted by Gasteiger charge is -2.34. The van der Waals surface area contributed by atoms with Crippen LogP contribution in [0.2, 0.25) is 0 Å². The fourth-order valence-electron chi connectivity index (χ4n) is 14.8.